The van der Waals surface area contributed by atoms with E-state index in [0.29, 0.717) is 0 Å². The van der Waals surface area contributed by atoms with Crippen LogP contribution in [0.4, 0.5) is 0 Å². The molecule has 0 aromatic carbocycles. The van der Waals surface area contributed by atoms with E-state index in [1.54, 1.807) is 0 Å². The standard InChI is InChI=1S/C62/c1-3-5-7-9-11-13-15-17-19-21-23-25-27-29-31-33-35-37-39-41-43-45-47-49-51-53-55-57-59-61-62-60-58-56-54-52-50-48-46-44-42-40-38-36-34-32-30-28-26-24-22-20-18-16-14-12-10-8-6-4-2/q-2. The lowest BCUT2D eigenvalue weighted by Crippen LogP contribution is -1.57. The van der Waals surface area contributed by atoms with Crippen molar-refractivity contribution < 1.29 is 0 Å². The summed E-state index contributed by atoms with van der Waals surface area (Å²) in [7, 11) is 0. The van der Waals surface area contributed by atoms with Crippen LogP contribution in [0.5, 0.6) is 0 Å². The molecule has 0 aliphatic rings. The fraction of sp³-hybridized carbons (Fsp3) is 0. The fourth-order valence-electron chi connectivity index (χ4n) is 1.81. The molecule has 250 valence electrons. The highest BCUT2D eigenvalue weighted by Crippen LogP contribution is 1.63. The van der Waals surface area contributed by atoms with Gasteiger partial charge >= 0.3 is 0 Å². The SMILES string of the molecule is [C-]#CC#CC#CC#CC#CC#CC#CC#CC#CC#CC#CC#CC#CC#CC#CC#CC#CC#CC#CC#CC#CC#CC#CC#CC#CC#CC#CC#CC#CC#CC#[C-]. The van der Waals surface area contributed by atoms with Crippen LogP contribution in [0.2, 0.25) is 0 Å². The van der Waals surface area contributed by atoms with Gasteiger partial charge < -0.3 is 12.8 Å². The maximum Gasteiger partial charge on any atom is 0 e. The molecule has 0 fully saturated rings. The van der Waals surface area contributed by atoms with E-state index >= 15 is 0 Å². The number of hydrogen-bond acceptors (Lipinski definition) is 0. The maximum atomic E-state index is 6.57. The zero-order valence-corrected chi connectivity index (χ0v) is 31.0. The molecular weight excluding hydrogens is 745 g/mol. The molecule has 0 saturated heterocycles. The first-order chi connectivity index (χ1) is 30.9. The monoisotopic (exact) mass is 744 g/mol. The van der Waals surface area contributed by atoms with Crippen molar-refractivity contribution in [2.24, 2.45) is 0 Å². The van der Waals surface area contributed by atoms with Gasteiger partial charge in [-0.3, -0.25) is 11.8 Å². The van der Waals surface area contributed by atoms with Gasteiger partial charge in [-0.25, -0.2) is 11.8 Å². The summed E-state index contributed by atoms with van der Waals surface area (Å²) in [6.07, 6.45) is 13.1. The quantitative estimate of drug-likeness (QED) is 0.247. The average Bonchev–Trinajstić information content (AvgIpc) is 3.28. The predicted octanol–water partition coefficient (Wildman–Crippen LogP) is 0.265. The second-order valence-electron chi connectivity index (χ2n) is 7.50. The summed E-state index contributed by atoms with van der Waals surface area (Å²) in [5, 5.41) is 0. The fourth-order valence-corrected chi connectivity index (χ4v) is 1.81. The third kappa shape index (κ3) is 46.4. The zero-order valence-electron chi connectivity index (χ0n) is 31.0. The van der Waals surface area contributed by atoms with Gasteiger partial charge in [-0.15, -0.1) is 11.8 Å². The van der Waals surface area contributed by atoms with Gasteiger partial charge in [0.05, 0.1) is 0 Å². The van der Waals surface area contributed by atoms with Gasteiger partial charge in [0, 0.05) is 225 Å². The molecule has 0 heteroatoms. The summed E-state index contributed by atoms with van der Waals surface area (Å²) < 4.78 is 0. The minimum Gasteiger partial charge on any atom is -0.358 e. The van der Waals surface area contributed by atoms with E-state index in [2.05, 4.69) is 343 Å². The summed E-state index contributed by atoms with van der Waals surface area (Å²) in [5.41, 5.74) is 0. The highest BCUT2D eigenvalue weighted by molar-refractivity contribution is 5.52. The predicted molar refractivity (Wildman–Crippen MR) is 240 cm³/mol. The first kappa shape index (κ1) is 48.4. The summed E-state index contributed by atoms with van der Waals surface area (Å²) >= 11 is 0. The van der Waals surface area contributed by atoms with E-state index in [4.69, 9.17) is 12.8 Å². The molecule has 0 aliphatic carbocycles. The van der Waals surface area contributed by atoms with Gasteiger partial charge in [-0.1, -0.05) is 0 Å². The lowest BCUT2D eigenvalue weighted by Gasteiger charge is -1.63. The first-order valence-electron chi connectivity index (χ1n) is 15.2. The Balaban J connectivity index is 4.59. The molecule has 0 amide bonds. The number of rotatable bonds is 0. The van der Waals surface area contributed by atoms with E-state index in [1.165, 1.54) is 0 Å². The van der Waals surface area contributed by atoms with E-state index in [1.807, 2.05) is 11.8 Å². The van der Waals surface area contributed by atoms with Gasteiger partial charge in [-0.2, -0.15) is 0 Å². The third-order valence-electron chi connectivity index (χ3n) is 3.69. The molecular formula is C62-2. The van der Waals surface area contributed by atoms with Gasteiger partial charge in [0.15, 0.2) is 0 Å². The Morgan fingerprint density at radius 2 is 0.129 bits per heavy atom. The van der Waals surface area contributed by atoms with Gasteiger partial charge in [0.2, 0.25) is 0 Å². The maximum absolute atomic E-state index is 6.57. The van der Waals surface area contributed by atoms with Crippen molar-refractivity contribution in [1.29, 1.82) is 0 Å². The summed E-state index contributed by atoms with van der Waals surface area (Å²) in [4.78, 5) is 0. The van der Waals surface area contributed by atoms with Crippen molar-refractivity contribution >= 4 is 0 Å². The molecule has 0 bridgehead atoms. The van der Waals surface area contributed by atoms with Crippen LogP contribution in [-0.4, -0.2) is 0 Å². The first-order valence-corrected chi connectivity index (χ1v) is 15.2. The van der Waals surface area contributed by atoms with Crippen molar-refractivity contribution in [1.82, 2.24) is 0 Å². The minimum absolute atomic E-state index is 1.87. The van der Waals surface area contributed by atoms with E-state index in [9.17, 15) is 0 Å². The molecule has 0 rings (SSSR count). The molecule has 0 aromatic rings. The van der Waals surface area contributed by atoms with E-state index in [0.717, 1.165) is 0 Å². The van der Waals surface area contributed by atoms with Crippen LogP contribution in [0.15, 0.2) is 0 Å². The zero-order chi connectivity index (χ0) is 44.4. The van der Waals surface area contributed by atoms with Gasteiger partial charge in [0.1, 0.15) is 0 Å². The molecule has 0 heterocycles. The van der Waals surface area contributed by atoms with Crippen LogP contribution in [-0.2, 0) is 0 Å². The second-order valence-corrected chi connectivity index (χ2v) is 7.50. The molecule has 0 nitrogen and oxygen atoms in total. The normalized spacial score (nSPS) is 3.90. The number of hydrogen-bond donors (Lipinski definition) is 0. The smallest absolute Gasteiger partial charge is 0 e. The average molecular weight is 745 g/mol. The Hall–Kier alpha value is -13.6. The van der Waals surface area contributed by atoms with Crippen molar-refractivity contribution in [3.8, 4) is 355 Å². The largest absolute Gasteiger partial charge is 0.358 e. The lowest BCUT2D eigenvalue weighted by molar-refractivity contribution is 2.31. The van der Waals surface area contributed by atoms with Crippen molar-refractivity contribution in [2.75, 3.05) is 0 Å². The molecule has 0 N–H and O–H groups in total. The Kier molecular flexibility index (Phi) is 36.9. The molecule has 0 radical (unpaired) electrons. The molecule has 0 atom stereocenters. The van der Waals surface area contributed by atoms with Crippen LogP contribution in [0, 0.1) is 368 Å². The van der Waals surface area contributed by atoms with Crippen LogP contribution in [0.3, 0.4) is 0 Å². The highest BCUT2D eigenvalue weighted by atomic mass is 13.6. The Morgan fingerprint density at radius 1 is 0.0806 bits per heavy atom. The van der Waals surface area contributed by atoms with Crippen LogP contribution in [0.25, 0.3) is 0 Å². The summed E-state index contributed by atoms with van der Waals surface area (Å²) in [5.74, 6) is 147. The molecule has 0 unspecified atom stereocenters. The van der Waals surface area contributed by atoms with Crippen LogP contribution >= 0.6 is 0 Å². The minimum atomic E-state index is 1.87. The Labute approximate surface area is 366 Å². The van der Waals surface area contributed by atoms with E-state index < -0.39 is 0 Å². The third-order valence-corrected chi connectivity index (χ3v) is 3.69. The van der Waals surface area contributed by atoms with E-state index in [-0.39, 0.29) is 0 Å². The molecule has 0 saturated carbocycles. The van der Waals surface area contributed by atoms with Crippen molar-refractivity contribution in [2.45, 2.75) is 0 Å². The summed E-state index contributed by atoms with van der Waals surface area (Å²) in [6.45, 7) is 0. The Bertz CT molecular complexity index is 3720. The van der Waals surface area contributed by atoms with Gasteiger partial charge in [-0.05, 0) is 94.7 Å². The van der Waals surface area contributed by atoms with Crippen molar-refractivity contribution in [3.05, 3.63) is 12.8 Å². The molecule has 62 heavy (non-hydrogen) atoms. The molecule has 0 spiro atoms. The van der Waals surface area contributed by atoms with Gasteiger partial charge in [0.25, 0.3) is 0 Å². The summed E-state index contributed by atoms with van der Waals surface area (Å²) in [6, 6.07) is 0. The topological polar surface area (TPSA) is 0 Å². The highest BCUT2D eigenvalue weighted by Gasteiger charge is 1.63. The molecule has 0 aromatic heterocycles. The molecule has 0 aliphatic heterocycles. The lowest BCUT2D eigenvalue weighted by atomic mass is 10.4. The van der Waals surface area contributed by atoms with Crippen LogP contribution < -0.4 is 0 Å². The second kappa shape index (κ2) is 47.4. The van der Waals surface area contributed by atoms with Crippen LogP contribution in [0.1, 0.15) is 0 Å². The Morgan fingerprint density at radius 3 is 0.177 bits per heavy atom. The van der Waals surface area contributed by atoms with Crippen molar-refractivity contribution in [3.63, 3.8) is 0 Å².